The molecule has 180 valence electrons. The maximum absolute atomic E-state index is 11.9. The van der Waals surface area contributed by atoms with E-state index in [9.17, 15) is 39.5 Å². The molecule has 18 heteroatoms. The number of phenols is 1. The molecule has 0 saturated carbocycles. The number of thiazole rings is 1. The van der Waals surface area contributed by atoms with Crippen LogP contribution in [0.1, 0.15) is 0 Å². The summed E-state index contributed by atoms with van der Waals surface area (Å²) in [6.07, 6.45) is 1.02. The van der Waals surface area contributed by atoms with Crippen LogP contribution in [0.4, 0.5) is 11.4 Å². The normalized spacial score (nSPS) is 12.5. The van der Waals surface area contributed by atoms with E-state index < -0.39 is 51.3 Å². The van der Waals surface area contributed by atoms with Crippen molar-refractivity contribution in [2.24, 2.45) is 10.2 Å². The zero-order valence-electron chi connectivity index (χ0n) is 18.8. The Hall–Kier alpha value is -1.02. The predicted octanol–water partition coefficient (Wildman–Crippen LogP) is 2.71. The molecular weight excluding hydrogens is 576 g/mol. The first-order chi connectivity index (χ1) is 15.6. The number of rotatable bonds is 5. The first-order valence-electron chi connectivity index (χ1n) is 8.92. The molecule has 0 saturated heterocycles. The van der Waals surface area contributed by atoms with Gasteiger partial charge in [0.1, 0.15) is 10.6 Å². The first kappa shape index (κ1) is 31.2. The van der Waals surface area contributed by atoms with Gasteiger partial charge in [0.25, 0.3) is 20.2 Å². The van der Waals surface area contributed by atoms with Crippen molar-refractivity contribution < 1.29 is 39.5 Å². The van der Waals surface area contributed by atoms with Crippen LogP contribution in [0.2, 0.25) is 0 Å². The number of hydrogen-bond acceptors (Lipinski definition) is 11. The summed E-state index contributed by atoms with van der Waals surface area (Å²) in [6.45, 7) is 0. The fourth-order valence-electron chi connectivity index (χ4n) is 3.00. The van der Waals surface area contributed by atoms with E-state index in [1.165, 1.54) is 18.2 Å². The van der Waals surface area contributed by atoms with Crippen molar-refractivity contribution in [3.8, 4) is 5.75 Å². The molecule has 0 fully saturated rings. The molecule has 4 aromatic rings. The minimum atomic E-state index is -4.95. The number of aromatic nitrogens is 1. The minimum Gasteiger partial charge on any atom is -0.505 e. The Bertz CT molecular complexity index is 1850. The quantitative estimate of drug-likeness (QED) is 0.177. The second-order valence-corrected chi connectivity index (χ2v) is 13.0. The van der Waals surface area contributed by atoms with Gasteiger partial charge in [0, 0.05) is 70.8 Å². The maximum Gasteiger partial charge on any atom is 0.296 e. The number of nitrogens with zero attached hydrogens (tertiary/aromatic N) is 3. The summed E-state index contributed by atoms with van der Waals surface area (Å²) in [5.41, 5.74) is -0.0549. The molecule has 0 amide bonds. The third kappa shape index (κ3) is 6.51. The van der Waals surface area contributed by atoms with Gasteiger partial charge in [-0.2, -0.15) is 21.9 Å². The second-order valence-electron chi connectivity index (χ2n) is 7.01. The molecule has 4 rings (SSSR count). The van der Waals surface area contributed by atoms with Crippen molar-refractivity contribution in [3.05, 3.63) is 42.5 Å². The Morgan fingerprint density at radius 1 is 0.861 bits per heavy atom. The van der Waals surface area contributed by atoms with Crippen LogP contribution in [-0.2, 0) is 30.1 Å². The van der Waals surface area contributed by atoms with Gasteiger partial charge in [-0.15, -0.1) is 16.5 Å². The predicted molar refractivity (Wildman–Crippen MR) is 134 cm³/mol. The van der Waals surface area contributed by atoms with Crippen LogP contribution in [0.15, 0.2) is 66.8 Å². The SMILES string of the molecule is CS(=O)(=O)c1nc2ccc(N=Nc3c(S(=O)(=O)O)cc4cc(S(=O)(=O)O)ccc4c3O)cc2s1.[Na].[Na]. The van der Waals surface area contributed by atoms with E-state index in [1.807, 2.05) is 0 Å². The fourth-order valence-corrected chi connectivity index (χ4v) is 6.05. The molecular formula is C18H13N3Na2O9S4. The van der Waals surface area contributed by atoms with Gasteiger partial charge in [-0.25, -0.2) is 13.4 Å². The van der Waals surface area contributed by atoms with Gasteiger partial charge >= 0.3 is 0 Å². The van der Waals surface area contributed by atoms with Gasteiger partial charge in [0.2, 0.25) is 14.2 Å². The average Bonchev–Trinajstić information content (AvgIpc) is 3.15. The fraction of sp³-hybridized carbons (Fsp3) is 0.0556. The van der Waals surface area contributed by atoms with Crippen molar-refractivity contribution in [2.75, 3.05) is 6.26 Å². The molecule has 0 unspecified atom stereocenters. The molecule has 0 aliphatic rings. The average molecular weight is 590 g/mol. The van der Waals surface area contributed by atoms with E-state index in [4.69, 9.17) is 0 Å². The molecule has 12 nitrogen and oxygen atoms in total. The minimum absolute atomic E-state index is 0. The van der Waals surface area contributed by atoms with Gasteiger partial charge in [-0.05, 0) is 47.9 Å². The van der Waals surface area contributed by atoms with Crippen molar-refractivity contribution in [1.82, 2.24) is 4.98 Å². The summed E-state index contributed by atoms with van der Waals surface area (Å²) in [5.74, 6) is -0.714. The summed E-state index contributed by atoms with van der Waals surface area (Å²) in [6, 6.07) is 8.26. The summed E-state index contributed by atoms with van der Waals surface area (Å²) in [5, 5.41) is 18.1. The van der Waals surface area contributed by atoms with E-state index in [-0.39, 0.29) is 79.9 Å². The Labute approximate surface area is 253 Å². The Kier molecular flexibility index (Phi) is 9.53. The van der Waals surface area contributed by atoms with Crippen molar-refractivity contribution >= 4 is 133 Å². The van der Waals surface area contributed by atoms with Gasteiger partial charge < -0.3 is 5.11 Å². The van der Waals surface area contributed by atoms with Crippen LogP contribution in [0.5, 0.6) is 5.75 Å². The van der Waals surface area contributed by atoms with E-state index >= 15 is 0 Å². The van der Waals surface area contributed by atoms with E-state index in [0.29, 0.717) is 10.2 Å². The molecule has 0 spiro atoms. The number of benzene rings is 3. The molecule has 36 heavy (non-hydrogen) atoms. The van der Waals surface area contributed by atoms with Crippen molar-refractivity contribution in [2.45, 2.75) is 14.1 Å². The molecule has 1 aromatic heterocycles. The summed E-state index contributed by atoms with van der Waals surface area (Å²) < 4.78 is 89.2. The Morgan fingerprint density at radius 3 is 2.11 bits per heavy atom. The molecule has 2 radical (unpaired) electrons. The van der Waals surface area contributed by atoms with Crippen LogP contribution >= 0.6 is 11.3 Å². The molecule has 3 N–H and O–H groups in total. The van der Waals surface area contributed by atoms with Crippen LogP contribution in [-0.4, -0.2) is 110 Å². The van der Waals surface area contributed by atoms with Crippen molar-refractivity contribution in [1.29, 1.82) is 0 Å². The summed E-state index contributed by atoms with van der Waals surface area (Å²) >= 11 is 0.900. The van der Waals surface area contributed by atoms with E-state index in [2.05, 4.69) is 15.2 Å². The van der Waals surface area contributed by atoms with E-state index in [0.717, 1.165) is 41.9 Å². The Balaban J connectivity index is 0.00000228. The summed E-state index contributed by atoms with van der Waals surface area (Å²) in [7, 11) is -13.1. The molecule has 0 aliphatic carbocycles. The van der Waals surface area contributed by atoms with Crippen LogP contribution in [0, 0.1) is 0 Å². The number of fused-ring (bicyclic) bond motifs is 2. The van der Waals surface area contributed by atoms with Gasteiger partial charge in [0.05, 0.1) is 20.8 Å². The third-order valence-electron chi connectivity index (χ3n) is 4.53. The number of azo groups is 1. The van der Waals surface area contributed by atoms with Crippen LogP contribution in [0.25, 0.3) is 21.0 Å². The number of sulfone groups is 1. The molecule has 3 aromatic carbocycles. The first-order valence-corrected chi connectivity index (χ1v) is 14.5. The van der Waals surface area contributed by atoms with Gasteiger partial charge in [0.15, 0.2) is 5.75 Å². The standard InChI is InChI=1S/C18H13N3O9S4.2Na/c1-32(23,24)18-19-13-5-2-10(8-14(13)31-18)20-21-16-15(34(28,29)30)7-9-6-11(33(25,26)27)3-4-12(9)17(16)22;;/h2-8,22H,1H3,(H,25,26,27)(H,28,29,30);;. The second kappa shape index (κ2) is 11.0. The largest absolute Gasteiger partial charge is 0.505 e. The monoisotopic (exact) mass is 589 g/mol. The molecule has 0 atom stereocenters. The molecule has 0 bridgehead atoms. The number of hydrogen-bond donors (Lipinski definition) is 3. The molecule has 1 heterocycles. The third-order valence-corrected chi connectivity index (χ3v) is 8.95. The van der Waals surface area contributed by atoms with Crippen molar-refractivity contribution in [3.63, 3.8) is 0 Å². The van der Waals surface area contributed by atoms with Crippen LogP contribution in [0.3, 0.4) is 0 Å². The van der Waals surface area contributed by atoms with Crippen LogP contribution < -0.4 is 0 Å². The van der Waals surface area contributed by atoms with E-state index in [1.54, 1.807) is 0 Å². The number of phenolic OH excluding ortho intramolecular Hbond substituents is 1. The number of aromatic hydroxyl groups is 1. The maximum atomic E-state index is 11.9. The Morgan fingerprint density at radius 2 is 1.53 bits per heavy atom. The zero-order chi connectivity index (χ0) is 25.1. The topological polar surface area (TPSA) is 201 Å². The zero-order valence-corrected chi connectivity index (χ0v) is 26.1. The smallest absolute Gasteiger partial charge is 0.296 e. The molecule has 0 aliphatic heterocycles. The summed E-state index contributed by atoms with van der Waals surface area (Å²) in [4.78, 5) is 2.60. The van der Waals surface area contributed by atoms with Gasteiger partial charge in [-0.3, -0.25) is 9.11 Å². The van der Waals surface area contributed by atoms with Gasteiger partial charge in [-0.1, -0.05) is 0 Å².